The molecule has 3 heterocycles. The minimum atomic E-state index is -0.233. The van der Waals surface area contributed by atoms with Crippen LogP contribution in [0.5, 0.6) is 0 Å². The molecule has 1 aromatic carbocycles. The van der Waals surface area contributed by atoms with E-state index in [2.05, 4.69) is 20.4 Å². The number of nitrogens with zero attached hydrogens (tertiary/aromatic N) is 3. The third kappa shape index (κ3) is 3.68. The third-order valence-electron chi connectivity index (χ3n) is 4.55. The summed E-state index contributed by atoms with van der Waals surface area (Å²) in [4.78, 5) is 33.2. The number of pyridine rings is 1. The van der Waals surface area contributed by atoms with E-state index in [1.807, 2.05) is 43.3 Å². The Kier molecular flexibility index (Phi) is 4.72. The number of rotatable bonds is 5. The molecule has 4 rings (SSSR count). The van der Waals surface area contributed by atoms with Gasteiger partial charge in [0.25, 0.3) is 5.56 Å². The normalized spacial score (nSPS) is 10.9. The largest absolute Gasteiger partial charge is 0.350 e. The average molecular weight is 373 g/mol. The summed E-state index contributed by atoms with van der Waals surface area (Å²) in [5.74, 6) is -0.110. The molecule has 0 bridgehead atoms. The second kappa shape index (κ2) is 7.48. The smallest absolute Gasteiger partial charge is 0.272 e. The molecule has 0 radical (unpaired) electrons. The number of hydrogen-bond acceptors (Lipinski definition) is 4. The Morgan fingerprint density at radius 1 is 1.18 bits per heavy atom. The number of aromatic amines is 1. The highest BCUT2D eigenvalue weighted by Gasteiger charge is 2.10. The maximum absolute atomic E-state index is 12.4. The van der Waals surface area contributed by atoms with Crippen molar-refractivity contribution in [1.29, 1.82) is 0 Å². The second-order valence-corrected chi connectivity index (χ2v) is 6.57. The Morgan fingerprint density at radius 3 is 2.82 bits per heavy atom. The first-order valence-electron chi connectivity index (χ1n) is 8.93. The summed E-state index contributed by atoms with van der Waals surface area (Å²) in [7, 11) is 0. The van der Waals surface area contributed by atoms with Gasteiger partial charge in [-0.15, -0.1) is 0 Å². The molecule has 7 heteroatoms. The van der Waals surface area contributed by atoms with E-state index in [0.29, 0.717) is 17.8 Å². The first-order chi connectivity index (χ1) is 13.6. The molecular weight excluding hydrogens is 354 g/mol. The van der Waals surface area contributed by atoms with Gasteiger partial charge in [-0.25, -0.2) is 9.50 Å². The number of hydrogen-bond donors (Lipinski definition) is 2. The molecule has 0 fully saturated rings. The first-order valence-corrected chi connectivity index (χ1v) is 8.93. The number of carbonyl (C=O) groups excluding carboxylic acids is 1. The van der Waals surface area contributed by atoms with Crippen molar-refractivity contribution < 1.29 is 4.79 Å². The standard InChI is InChI=1S/C21H19N5O2/c1-14-5-2-3-6-15(14)9-20(27)23-13-17-10-21(28)26-19(24-17)11-18(25-26)16-7-4-8-22-12-16/h2-8,10-12,25H,9,13H2,1H3,(H,23,27). The van der Waals surface area contributed by atoms with Crippen molar-refractivity contribution in [2.75, 3.05) is 0 Å². The van der Waals surface area contributed by atoms with Crippen LogP contribution in [0, 0.1) is 6.92 Å². The minimum absolute atomic E-state index is 0.110. The summed E-state index contributed by atoms with van der Waals surface area (Å²) in [6.07, 6.45) is 3.69. The number of nitrogens with one attached hydrogen (secondary N) is 2. The maximum atomic E-state index is 12.4. The van der Waals surface area contributed by atoms with E-state index in [1.165, 1.54) is 10.6 Å². The molecule has 0 unspecified atom stereocenters. The van der Waals surface area contributed by atoms with Gasteiger partial charge in [0.15, 0.2) is 5.65 Å². The quantitative estimate of drug-likeness (QED) is 0.561. The molecule has 0 atom stereocenters. The average Bonchev–Trinajstić information content (AvgIpc) is 3.14. The van der Waals surface area contributed by atoms with Gasteiger partial charge in [0, 0.05) is 30.1 Å². The van der Waals surface area contributed by atoms with Crippen LogP contribution in [-0.4, -0.2) is 25.5 Å². The third-order valence-corrected chi connectivity index (χ3v) is 4.55. The highest BCUT2D eigenvalue weighted by Crippen LogP contribution is 2.16. The summed E-state index contributed by atoms with van der Waals surface area (Å²) >= 11 is 0. The lowest BCUT2D eigenvalue weighted by atomic mass is 10.1. The number of benzene rings is 1. The van der Waals surface area contributed by atoms with Crippen molar-refractivity contribution in [3.8, 4) is 11.3 Å². The molecule has 4 aromatic rings. The number of amides is 1. The molecule has 7 nitrogen and oxygen atoms in total. The zero-order valence-corrected chi connectivity index (χ0v) is 15.3. The lowest BCUT2D eigenvalue weighted by molar-refractivity contribution is -0.120. The van der Waals surface area contributed by atoms with Crippen molar-refractivity contribution >= 4 is 11.6 Å². The number of aryl methyl sites for hydroxylation is 1. The van der Waals surface area contributed by atoms with Crippen LogP contribution in [-0.2, 0) is 17.8 Å². The number of H-pyrrole nitrogens is 1. The van der Waals surface area contributed by atoms with Gasteiger partial charge < -0.3 is 5.32 Å². The van der Waals surface area contributed by atoms with Crippen molar-refractivity contribution in [2.45, 2.75) is 19.9 Å². The summed E-state index contributed by atoms with van der Waals surface area (Å²) in [5.41, 5.74) is 4.44. The van der Waals surface area contributed by atoms with Gasteiger partial charge in [-0.1, -0.05) is 24.3 Å². The van der Waals surface area contributed by atoms with Crippen LogP contribution < -0.4 is 10.9 Å². The van der Waals surface area contributed by atoms with Crippen molar-refractivity contribution in [1.82, 2.24) is 24.9 Å². The molecule has 28 heavy (non-hydrogen) atoms. The van der Waals surface area contributed by atoms with E-state index in [-0.39, 0.29) is 18.0 Å². The van der Waals surface area contributed by atoms with Gasteiger partial charge in [-0.3, -0.25) is 19.7 Å². The molecule has 0 saturated heterocycles. The van der Waals surface area contributed by atoms with Gasteiger partial charge in [0.1, 0.15) is 0 Å². The van der Waals surface area contributed by atoms with E-state index < -0.39 is 0 Å². The minimum Gasteiger partial charge on any atom is -0.350 e. The van der Waals surface area contributed by atoms with Gasteiger partial charge in [-0.05, 0) is 30.2 Å². The van der Waals surface area contributed by atoms with Crippen LogP contribution >= 0.6 is 0 Å². The van der Waals surface area contributed by atoms with Gasteiger partial charge in [0.05, 0.1) is 24.4 Å². The van der Waals surface area contributed by atoms with Crippen molar-refractivity contribution in [3.63, 3.8) is 0 Å². The fraction of sp³-hybridized carbons (Fsp3) is 0.143. The summed E-state index contributed by atoms with van der Waals surface area (Å²) in [5, 5.41) is 5.86. The van der Waals surface area contributed by atoms with Crippen LogP contribution in [0.15, 0.2) is 65.7 Å². The van der Waals surface area contributed by atoms with Crippen LogP contribution in [0.3, 0.4) is 0 Å². The molecule has 0 spiro atoms. The van der Waals surface area contributed by atoms with E-state index in [1.54, 1.807) is 18.5 Å². The lowest BCUT2D eigenvalue weighted by Crippen LogP contribution is -2.26. The molecule has 2 N–H and O–H groups in total. The van der Waals surface area contributed by atoms with E-state index >= 15 is 0 Å². The molecule has 0 aliphatic carbocycles. The molecule has 1 amide bonds. The van der Waals surface area contributed by atoms with Gasteiger partial charge in [0.2, 0.25) is 5.91 Å². The Hall–Kier alpha value is -3.74. The predicted molar refractivity (Wildman–Crippen MR) is 106 cm³/mol. The van der Waals surface area contributed by atoms with Crippen LogP contribution in [0.4, 0.5) is 0 Å². The molecule has 0 saturated carbocycles. The van der Waals surface area contributed by atoms with Crippen LogP contribution in [0.1, 0.15) is 16.8 Å². The molecular formula is C21H19N5O2. The van der Waals surface area contributed by atoms with E-state index in [0.717, 1.165) is 22.4 Å². The summed E-state index contributed by atoms with van der Waals surface area (Å²) in [6.45, 7) is 2.18. The molecule has 0 aliphatic heterocycles. The van der Waals surface area contributed by atoms with Gasteiger partial charge in [-0.2, -0.15) is 0 Å². The maximum Gasteiger partial charge on any atom is 0.272 e. The van der Waals surface area contributed by atoms with Crippen LogP contribution in [0.2, 0.25) is 0 Å². The summed E-state index contributed by atoms with van der Waals surface area (Å²) in [6, 6.07) is 14.7. The van der Waals surface area contributed by atoms with E-state index in [9.17, 15) is 9.59 Å². The summed E-state index contributed by atoms with van der Waals surface area (Å²) < 4.78 is 1.38. The fourth-order valence-corrected chi connectivity index (χ4v) is 3.03. The predicted octanol–water partition coefficient (Wildman–Crippen LogP) is 2.25. The Balaban J connectivity index is 1.51. The van der Waals surface area contributed by atoms with Crippen LogP contribution in [0.25, 0.3) is 16.9 Å². The molecule has 3 aromatic heterocycles. The van der Waals surface area contributed by atoms with Crippen molar-refractivity contribution in [3.05, 3.63) is 88.1 Å². The monoisotopic (exact) mass is 373 g/mol. The Labute approximate surface area is 161 Å². The Morgan fingerprint density at radius 2 is 2.04 bits per heavy atom. The number of carbonyl (C=O) groups is 1. The zero-order valence-electron chi connectivity index (χ0n) is 15.3. The van der Waals surface area contributed by atoms with E-state index in [4.69, 9.17) is 0 Å². The first kappa shape index (κ1) is 17.7. The number of aromatic nitrogens is 4. The highest BCUT2D eigenvalue weighted by molar-refractivity contribution is 5.78. The number of fused-ring (bicyclic) bond motifs is 1. The highest BCUT2D eigenvalue weighted by atomic mass is 16.1. The Bertz CT molecular complexity index is 1190. The molecule has 0 aliphatic rings. The second-order valence-electron chi connectivity index (χ2n) is 6.57. The SMILES string of the molecule is Cc1ccccc1CC(=O)NCc1cc(=O)n2[nH]c(-c3cccnc3)cc2n1. The topological polar surface area (TPSA) is 92.2 Å². The zero-order chi connectivity index (χ0) is 19.5. The van der Waals surface area contributed by atoms with Gasteiger partial charge >= 0.3 is 0 Å². The molecule has 140 valence electrons. The van der Waals surface area contributed by atoms with Crippen molar-refractivity contribution in [2.24, 2.45) is 0 Å². The fourth-order valence-electron chi connectivity index (χ4n) is 3.03. The lowest BCUT2D eigenvalue weighted by Gasteiger charge is -2.07.